The summed E-state index contributed by atoms with van der Waals surface area (Å²) in [4.78, 5) is 24.7. The highest BCUT2D eigenvalue weighted by Gasteiger charge is 2.27. The summed E-state index contributed by atoms with van der Waals surface area (Å²) in [5.41, 5.74) is 11.4. The fraction of sp³-hybridized carbons (Fsp3) is 0.385. The number of amides is 2. The molecule has 1 unspecified atom stereocenters. The van der Waals surface area contributed by atoms with Crippen molar-refractivity contribution in [3.05, 3.63) is 24.0 Å². The van der Waals surface area contributed by atoms with Crippen LogP contribution in [0.15, 0.2) is 18.2 Å². The third-order valence-corrected chi connectivity index (χ3v) is 3.33. The lowest BCUT2D eigenvalue weighted by molar-refractivity contribution is -0.122. The van der Waals surface area contributed by atoms with Crippen molar-refractivity contribution in [1.29, 1.82) is 0 Å². The van der Waals surface area contributed by atoms with Crippen molar-refractivity contribution >= 4 is 23.2 Å². The largest absolute Gasteiger partial charge is 0.397 e. The Balaban J connectivity index is 1.90. The average Bonchev–Trinajstić information content (AvgIpc) is 2.82. The number of benzene rings is 1. The first-order chi connectivity index (χ1) is 9.45. The smallest absolute Gasteiger partial charge is 0.238 e. The van der Waals surface area contributed by atoms with Crippen molar-refractivity contribution in [1.82, 2.24) is 4.90 Å². The first-order valence-corrected chi connectivity index (χ1v) is 6.32. The van der Waals surface area contributed by atoms with Crippen LogP contribution in [0.3, 0.4) is 0 Å². The molecule has 2 amide bonds. The van der Waals surface area contributed by atoms with Gasteiger partial charge in [0.25, 0.3) is 0 Å². The second-order valence-electron chi connectivity index (χ2n) is 4.90. The van der Waals surface area contributed by atoms with E-state index >= 15 is 0 Å². The molecule has 1 aliphatic heterocycles. The van der Waals surface area contributed by atoms with Crippen LogP contribution in [0.25, 0.3) is 0 Å². The van der Waals surface area contributed by atoms with Gasteiger partial charge in [-0.15, -0.1) is 0 Å². The molecule has 1 fully saturated rings. The molecule has 0 radical (unpaired) electrons. The van der Waals surface area contributed by atoms with Gasteiger partial charge in [-0.05, 0) is 31.2 Å². The molecule has 0 aromatic heterocycles. The Labute approximate surface area is 115 Å². The highest BCUT2D eigenvalue weighted by atomic mass is 19.1. The number of halogens is 1. The van der Waals surface area contributed by atoms with Crippen molar-refractivity contribution in [2.24, 2.45) is 11.7 Å². The monoisotopic (exact) mass is 280 g/mol. The zero-order valence-corrected chi connectivity index (χ0v) is 10.9. The van der Waals surface area contributed by atoms with E-state index in [0.29, 0.717) is 25.2 Å². The molecule has 1 aliphatic rings. The minimum absolute atomic E-state index is 0.125. The van der Waals surface area contributed by atoms with Crippen LogP contribution in [0.5, 0.6) is 0 Å². The summed E-state index contributed by atoms with van der Waals surface area (Å²) >= 11 is 0. The number of rotatable bonds is 4. The predicted octanol–water partition coefficient (Wildman–Crippen LogP) is 0.154. The van der Waals surface area contributed by atoms with Gasteiger partial charge in [-0.2, -0.15) is 0 Å². The van der Waals surface area contributed by atoms with E-state index in [2.05, 4.69) is 5.32 Å². The molecular formula is C13H17FN4O2. The first kappa shape index (κ1) is 14.3. The molecule has 2 rings (SSSR count). The van der Waals surface area contributed by atoms with E-state index in [1.807, 2.05) is 4.90 Å². The van der Waals surface area contributed by atoms with Crippen LogP contribution in [0, 0.1) is 11.7 Å². The maximum atomic E-state index is 13.1. The van der Waals surface area contributed by atoms with E-state index in [1.54, 1.807) is 0 Å². The fourth-order valence-corrected chi connectivity index (χ4v) is 2.24. The van der Waals surface area contributed by atoms with Gasteiger partial charge in [0.15, 0.2) is 0 Å². The van der Waals surface area contributed by atoms with Crippen LogP contribution in [0.4, 0.5) is 15.8 Å². The molecule has 5 N–H and O–H groups in total. The van der Waals surface area contributed by atoms with Gasteiger partial charge in [0.1, 0.15) is 5.82 Å². The summed E-state index contributed by atoms with van der Waals surface area (Å²) in [5, 5.41) is 2.56. The molecule has 108 valence electrons. The third-order valence-electron chi connectivity index (χ3n) is 3.33. The molecule has 1 heterocycles. The quantitative estimate of drug-likeness (QED) is 0.683. The van der Waals surface area contributed by atoms with Crippen molar-refractivity contribution in [3.8, 4) is 0 Å². The molecule has 6 nitrogen and oxygen atoms in total. The fourth-order valence-electron chi connectivity index (χ4n) is 2.24. The van der Waals surface area contributed by atoms with Crippen LogP contribution < -0.4 is 16.8 Å². The van der Waals surface area contributed by atoms with Crippen LogP contribution in [-0.2, 0) is 9.59 Å². The Hall–Kier alpha value is -2.15. The van der Waals surface area contributed by atoms with Crippen molar-refractivity contribution < 1.29 is 14.0 Å². The number of hydrogen-bond acceptors (Lipinski definition) is 4. The zero-order valence-electron chi connectivity index (χ0n) is 10.9. The molecule has 0 spiro atoms. The predicted molar refractivity (Wildman–Crippen MR) is 73.2 cm³/mol. The molecule has 0 aliphatic carbocycles. The summed E-state index contributed by atoms with van der Waals surface area (Å²) in [6, 6.07) is 3.79. The number of carbonyl (C=O) groups is 2. The Kier molecular flexibility index (Phi) is 4.19. The van der Waals surface area contributed by atoms with Crippen LogP contribution in [-0.4, -0.2) is 36.3 Å². The maximum absolute atomic E-state index is 13.1. The van der Waals surface area contributed by atoms with E-state index in [1.165, 1.54) is 18.2 Å². The number of nitrogen functional groups attached to an aromatic ring is 1. The lowest BCUT2D eigenvalue weighted by Crippen LogP contribution is -2.33. The molecule has 0 bridgehead atoms. The number of primary amides is 1. The number of nitrogens with zero attached hydrogens (tertiary/aromatic N) is 1. The average molecular weight is 280 g/mol. The molecule has 20 heavy (non-hydrogen) atoms. The van der Waals surface area contributed by atoms with E-state index in [9.17, 15) is 14.0 Å². The minimum Gasteiger partial charge on any atom is -0.397 e. The number of anilines is 2. The first-order valence-electron chi connectivity index (χ1n) is 6.32. The Morgan fingerprint density at radius 2 is 2.20 bits per heavy atom. The topological polar surface area (TPSA) is 101 Å². The zero-order chi connectivity index (χ0) is 14.7. The van der Waals surface area contributed by atoms with Gasteiger partial charge in [-0.1, -0.05) is 0 Å². The summed E-state index contributed by atoms with van der Waals surface area (Å²) in [6.45, 7) is 1.24. The Morgan fingerprint density at radius 3 is 2.85 bits per heavy atom. The molecule has 0 saturated carbocycles. The van der Waals surface area contributed by atoms with E-state index in [-0.39, 0.29) is 30.0 Å². The SMILES string of the molecule is NC(=O)C1CCN(CC(=O)Nc2cc(F)ccc2N)C1. The molecule has 7 heteroatoms. The standard InChI is InChI=1S/C13H17FN4O2/c14-9-1-2-10(15)11(5-9)17-12(19)7-18-4-3-8(6-18)13(16)20/h1-2,5,8H,3-4,6-7,15H2,(H2,16,20)(H,17,19). The van der Waals surface area contributed by atoms with Crippen LogP contribution in [0.1, 0.15) is 6.42 Å². The molecule has 1 aromatic rings. The normalized spacial score (nSPS) is 18.9. The Morgan fingerprint density at radius 1 is 1.45 bits per heavy atom. The lowest BCUT2D eigenvalue weighted by Gasteiger charge is -2.15. The van der Waals surface area contributed by atoms with Crippen molar-refractivity contribution in [2.45, 2.75) is 6.42 Å². The van der Waals surface area contributed by atoms with Crippen LogP contribution >= 0.6 is 0 Å². The molecule has 1 atom stereocenters. The van der Waals surface area contributed by atoms with Crippen molar-refractivity contribution in [2.75, 3.05) is 30.7 Å². The highest BCUT2D eigenvalue weighted by Crippen LogP contribution is 2.20. The maximum Gasteiger partial charge on any atom is 0.238 e. The van der Waals surface area contributed by atoms with Gasteiger partial charge < -0.3 is 16.8 Å². The summed E-state index contributed by atoms with van der Waals surface area (Å²) in [7, 11) is 0. The molecule has 1 aromatic carbocycles. The minimum atomic E-state index is -0.468. The number of carbonyl (C=O) groups excluding carboxylic acids is 2. The molecule has 1 saturated heterocycles. The summed E-state index contributed by atoms with van der Waals surface area (Å²) < 4.78 is 13.1. The van der Waals surface area contributed by atoms with Crippen molar-refractivity contribution in [3.63, 3.8) is 0 Å². The molecular weight excluding hydrogens is 263 g/mol. The number of nitrogens with one attached hydrogen (secondary N) is 1. The second-order valence-corrected chi connectivity index (χ2v) is 4.90. The van der Waals surface area contributed by atoms with Gasteiger partial charge in [0.2, 0.25) is 11.8 Å². The van der Waals surface area contributed by atoms with Gasteiger partial charge in [0.05, 0.1) is 23.8 Å². The van der Waals surface area contributed by atoms with E-state index in [4.69, 9.17) is 11.5 Å². The van der Waals surface area contributed by atoms with Crippen LogP contribution in [0.2, 0.25) is 0 Å². The number of likely N-dealkylation sites (tertiary alicyclic amines) is 1. The van der Waals surface area contributed by atoms with Gasteiger partial charge in [-0.25, -0.2) is 4.39 Å². The van der Waals surface area contributed by atoms with Gasteiger partial charge >= 0.3 is 0 Å². The summed E-state index contributed by atoms with van der Waals surface area (Å²) in [5.74, 6) is -1.32. The summed E-state index contributed by atoms with van der Waals surface area (Å²) in [6.07, 6.45) is 0.657. The second kappa shape index (κ2) is 5.87. The van der Waals surface area contributed by atoms with Gasteiger partial charge in [0, 0.05) is 6.54 Å². The number of nitrogens with two attached hydrogens (primary N) is 2. The number of hydrogen-bond donors (Lipinski definition) is 3. The third kappa shape index (κ3) is 3.45. The lowest BCUT2D eigenvalue weighted by atomic mass is 10.1. The van der Waals surface area contributed by atoms with Gasteiger partial charge in [-0.3, -0.25) is 14.5 Å². The highest BCUT2D eigenvalue weighted by molar-refractivity contribution is 5.95. The van der Waals surface area contributed by atoms with E-state index < -0.39 is 5.82 Å². The Bertz CT molecular complexity index is 535. The van der Waals surface area contributed by atoms with E-state index in [0.717, 1.165) is 0 Å².